The molecular weight excluding hydrogens is 404 g/mol. The highest BCUT2D eigenvalue weighted by molar-refractivity contribution is 7.99. The number of rotatable bonds is 11. The summed E-state index contributed by atoms with van der Waals surface area (Å²) >= 11 is 7.73. The number of benzene rings is 2. The number of amides is 2. The molecular formula is C23H29ClN2O2S. The van der Waals surface area contributed by atoms with Crippen molar-refractivity contribution in [2.75, 3.05) is 12.3 Å². The quantitative estimate of drug-likeness (QED) is 0.549. The van der Waals surface area contributed by atoms with Crippen molar-refractivity contribution >= 4 is 35.2 Å². The van der Waals surface area contributed by atoms with Crippen LogP contribution in [0.5, 0.6) is 0 Å². The Morgan fingerprint density at radius 1 is 1.07 bits per heavy atom. The predicted octanol–water partition coefficient (Wildman–Crippen LogP) is 4.91. The third-order valence-electron chi connectivity index (χ3n) is 4.57. The molecule has 0 radical (unpaired) electrons. The topological polar surface area (TPSA) is 49.4 Å². The lowest BCUT2D eigenvalue weighted by Crippen LogP contribution is -2.49. The minimum atomic E-state index is -0.477. The summed E-state index contributed by atoms with van der Waals surface area (Å²) in [5.41, 5.74) is 2.02. The number of nitrogens with one attached hydrogen (secondary N) is 1. The summed E-state index contributed by atoms with van der Waals surface area (Å²) in [5, 5.41) is 3.64. The lowest BCUT2D eigenvalue weighted by atomic mass is 10.1. The first-order valence-electron chi connectivity index (χ1n) is 9.99. The molecule has 0 spiro atoms. The summed E-state index contributed by atoms with van der Waals surface area (Å²) in [6.45, 7) is 4.99. The highest BCUT2D eigenvalue weighted by Gasteiger charge is 2.28. The number of hydrogen-bond donors (Lipinski definition) is 1. The van der Waals surface area contributed by atoms with Gasteiger partial charge in [0.15, 0.2) is 0 Å². The molecule has 6 heteroatoms. The van der Waals surface area contributed by atoms with Gasteiger partial charge in [0, 0.05) is 23.9 Å². The maximum atomic E-state index is 13.1. The van der Waals surface area contributed by atoms with E-state index >= 15 is 0 Å². The van der Waals surface area contributed by atoms with Gasteiger partial charge in [-0.05, 0) is 30.0 Å². The number of nitrogens with zero attached hydrogens (tertiary/aromatic N) is 1. The largest absolute Gasteiger partial charge is 0.354 e. The molecule has 0 saturated carbocycles. The van der Waals surface area contributed by atoms with Gasteiger partial charge in [-0.15, -0.1) is 11.8 Å². The SMILES string of the molecule is CCCNC(=O)[C@H](CC)N(Cc1ccccc1)C(=O)CSCc1ccccc1Cl. The highest BCUT2D eigenvalue weighted by Crippen LogP contribution is 2.22. The summed E-state index contributed by atoms with van der Waals surface area (Å²) in [6.07, 6.45) is 1.44. The van der Waals surface area contributed by atoms with Crippen molar-refractivity contribution in [3.8, 4) is 0 Å². The fourth-order valence-electron chi connectivity index (χ4n) is 3.01. The van der Waals surface area contributed by atoms with Crippen molar-refractivity contribution in [2.24, 2.45) is 0 Å². The van der Waals surface area contributed by atoms with Gasteiger partial charge in [0.1, 0.15) is 6.04 Å². The van der Waals surface area contributed by atoms with E-state index in [0.29, 0.717) is 36.0 Å². The van der Waals surface area contributed by atoms with Gasteiger partial charge in [-0.2, -0.15) is 0 Å². The Labute approximate surface area is 183 Å². The molecule has 2 aromatic carbocycles. The van der Waals surface area contributed by atoms with E-state index in [4.69, 9.17) is 11.6 Å². The molecule has 0 unspecified atom stereocenters. The van der Waals surface area contributed by atoms with Gasteiger partial charge in [0.05, 0.1) is 5.75 Å². The third kappa shape index (κ3) is 7.41. The second-order valence-electron chi connectivity index (χ2n) is 6.81. The van der Waals surface area contributed by atoms with E-state index in [2.05, 4.69) is 5.32 Å². The minimum Gasteiger partial charge on any atom is -0.354 e. The standard InChI is InChI=1S/C23H29ClN2O2S/c1-3-14-25-23(28)21(4-2)26(15-18-10-6-5-7-11-18)22(27)17-29-16-19-12-8-9-13-20(19)24/h5-13,21H,3-4,14-17H2,1-2H3,(H,25,28)/t21-/m0/s1. The lowest BCUT2D eigenvalue weighted by Gasteiger charge is -2.30. The number of carbonyl (C=O) groups excluding carboxylic acids is 2. The van der Waals surface area contributed by atoms with Gasteiger partial charge in [-0.1, -0.05) is 74.0 Å². The lowest BCUT2D eigenvalue weighted by molar-refractivity contribution is -0.139. The van der Waals surface area contributed by atoms with E-state index in [1.807, 2.05) is 68.4 Å². The van der Waals surface area contributed by atoms with E-state index in [1.165, 1.54) is 11.8 Å². The van der Waals surface area contributed by atoms with Gasteiger partial charge in [0.25, 0.3) is 0 Å². The van der Waals surface area contributed by atoms with Gasteiger partial charge < -0.3 is 10.2 Å². The van der Waals surface area contributed by atoms with Crippen molar-refractivity contribution < 1.29 is 9.59 Å². The molecule has 1 atom stereocenters. The van der Waals surface area contributed by atoms with Crippen molar-refractivity contribution in [1.29, 1.82) is 0 Å². The van der Waals surface area contributed by atoms with Crippen molar-refractivity contribution in [1.82, 2.24) is 10.2 Å². The highest BCUT2D eigenvalue weighted by atomic mass is 35.5. The number of halogens is 1. The van der Waals surface area contributed by atoms with Crippen LogP contribution >= 0.6 is 23.4 Å². The van der Waals surface area contributed by atoms with Crippen LogP contribution in [0.2, 0.25) is 5.02 Å². The monoisotopic (exact) mass is 432 g/mol. The van der Waals surface area contributed by atoms with E-state index < -0.39 is 6.04 Å². The summed E-state index contributed by atoms with van der Waals surface area (Å²) in [6, 6.07) is 17.0. The normalized spacial score (nSPS) is 11.7. The molecule has 0 aliphatic rings. The predicted molar refractivity (Wildman–Crippen MR) is 122 cm³/mol. The third-order valence-corrected chi connectivity index (χ3v) is 5.91. The smallest absolute Gasteiger partial charge is 0.242 e. The molecule has 2 rings (SSSR count). The molecule has 0 bridgehead atoms. The second-order valence-corrected chi connectivity index (χ2v) is 8.20. The van der Waals surface area contributed by atoms with Crippen LogP contribution in [-0.4, -0.2) is 35.1 Å². The molecule has 29 heavy (non-hydrogen) atoms. The van der Waals surface area contributed by atoms with E-state index in [9.17, 15) is 9.59 Å². The first-order chi connectivity index (χ1) is 14.1. The van der Waals surface area contributed by atoms with Crippen molar-refractivity contribution in [2.45, 2.75) is 45.0 Å². The Balaban J connectivity index is 2.08. The maximum absolute atomic E-state index is 13.1. The van der Waals surface area contributed by atoms with Crippen LogP contribution in [0.15, 0.2) is 54.6 Å². The zero-order valence-electron chi connectivity index (χ0n) is 17.1. The minimum absolute atomic E-state index is 0.0376. The Morgan fingerprint density at radius 2 is 1.76 bits per heavy atom. The van der Waals surface area contributed by atoms with Crippen LogP contribution in [0, 0.1) is 0 Å². The van der Waals surface area contributed by atoms with Gasteiger partial charge in [-0.25, -0.2) is 0 Å². The first kappa shape index (κ1) is 23.3. The fraction of sp³-hybridized carbons (Fsp3) is 0.391. The summed E-state index contributed by atoms with van der Waals surface area (Å²) in [5.74, 6) is 0.832. The Kier molecular flexibility index (Phi) is 10.1. The Morgan fingerprint density at radius 3 is 2.41 bits per heavy atom. The van der Waals surface area contributed by atoms with Crippen LogP contribution in [-0.2, 0) is 21.9 Å². The van der Waals surface area contributed by atoms with Gasteiger partial charge >= 0.3 is 0 Å². The summed E-state index contributed by atoms with van der Waals surface area (Å²) in [7, 11) is 0. The maximum Gasteiger partial charge on any atom is 0.242 e. The number of thioether (sulfide) groups is 1. The molecule has 156 valence electrons. The van der Waals surface area contributed by atoms with E-state index in [1.54, 1.807) is 4.90 Å². The molecule has 0 aliphatic heterocycles. The molecule has 2 amide bonds. The van der Waals surface area contributed by atoms with E-state index in [-0.39, 0.29) is 11.8 Å². The molecule has 4 nitrogen and oxygen atoms in total. The fourth-order valence-corrected chi connectivity index (χ4v) is 4.21. The zero-order valence-corrected chi connectivity index (χ0v) is 18.6. The van der Waals surface area contributed by atoms with Crippen LogP contribution in [0.25, 0.3) is 0 Å². The summed E-state index contributed by atoms with van der Waals surface area (Å²) in [4.78, 5) is 27.5. The average molecular weight is 433 g/mol. The summed E-state index contributed by atoms with van der Waals surface area (Å²) < 4.78 is 0. The molecule has 2 aromatic rings. The van der Waals surface area contributed by atoms with Crippen LogP contribution in [0.1, 0.15) is 37.8 Å². The second kappa shape index (κ2) is 12.6. The van der Waals surface area contributed by atoms with Crippen molar-refractivity contribution in [3.63, 3.8) is 0 Å². The Bertz CT molecular complexity index is 785. The molecule has 0 heterocycles. The first-order valence-corrected chi connectivity index (χ1v) is 11.5. The van der Waals surface area contributed by atoms with Crippen molar-refractivity contribution in [3.05, 3.63) is 70.7 Å². The zero-order chi connectivity index (χ0) is 21.1. The van der Waals surface area contributed by atoms with Crippen LogP contribution < -0.4 is 5.32 Å². The van der Waals surface area contributed by atoms with Crippen LogP contribution in [0.4, 0.5) is 0 Å². The Hall–Kier alpha value is -1.98. The van der Waals surface area contributed by atoms with E-state index in [0.717, 1.165) is 17.5 Å². The van der Waals surface area contributed by atoms with Gasteiger partial charge in [0.2, 0.25) is 11.8 Å². The van der Waals surface area contributed by atoms with Gasteiger partial charge in [-0.3, -0.25) is 9.59 Å². The molecule has 0 aromatic heterocycles. The average Bonchev–Trinajstić information content (AvgIpc) is 2.74. The molecule has 0 saturated heterocycles. The number of carbonyl (C=O) groups is 2. The number of hydrogen-bond acceptors (Lipinski definition) is 3. The van der Waals surface area contributed by atoms with Crippen LogP contribution in [0.3, 0.4) is 0 Å². The molecule has 0 fully saturated rings. The molecule has 0 aliphatic carbocycles. The molecule has 1 N–H and O–H groups in total.